The first-order chi connectivity index (χ1) is 7.70. The van der Waals surface area contributed by atoms with E-state index in [4.69, 9.17) is 0 Å². The van der Waals surface area contributed by atoms with E-state index in [9.17, 15) is 5.11 Å². The lowest BCUT2D eigenvalue weighted by Crippen LogP contribution is -2.02. The molecule has 0 aliphatic rings. The minimum absolute atomic E-state index is 0.354. The summed E-state index contributed by atoms with van der Waals surface area (Å²) >= 11 is 0. The molecule has 0 fully saturated rings. The maximum atomic E-state index is 9.69. The smallest absolute Gasteiger partial charge is 0.0946 e. The Balaban J connectivity index is 2.11. The molecule has 0 aliphatic heterocycles. The van der Waals surface area contributed by atoms with Crippen molar-refractivity contribution >= 4 is 0 Å². The molecule has 0 aliphatic carbocycles. The fourth-order valence-corrected chi connectivity index (χ4v) is 1.71. The predicted octanol–water partition coefficient (Wildman–Crippen LogP) is 1.71. The van der Waals surface area contributed by atoms with Gasteiger partial charge in [0.15, 0.2) is 0 Å². The minimum atomic E-state index is -0.354. The zero-order valence-corrected chi connectivity index (χ0v) is 9.67. The van der Waals surface area contributed by atoms with Crippen molar-refractivity contribution in [3.8, 4) is 0 Å². The molecule has 86 valence electrons. The standard InChI is InChI=1S/C12H17N3O/c1-3-12(16)10-4-5-15(7-10)8-11-6-13-9-14(11)2/h4-7,9,12,16H,3,8H2,1-2H3. The predicted molar refractivity (Wildman–Crippen MR) is 62.0 cm³/mol. The summed E-state index contributed by atoms with van der Waals surface area (Å²) in [5, 5.41) is 9.69. The SMILES string of the molecule is CCC(O)c1ccn(Cc2cncn2C)c1. The highest BCUT2D eigenvalue weighted by molar-refractivity contribution is 5.14. The van der Waals surface area contributed by atoms with Gasteiger partial charge in [-0.25, -0.2) is 4.98 Å². The van der Waals surface area contributed by atoms with Gasteiger partial charge in [-0.05, 0) is 18.1 Å². The fraction of sp³-hybridized carbons (Fsp3) is 0.417. The van der Waals surface area contributed by atoms with Crippen LogP contribution in [0.3, 0.4) is 0 Å². The highest BCUT2D eigenvalue weighted by Crippen LogP contribution is 2.16. The Morgan fingerprint density at radius 3 is 2.94 bits per heavy atom. The lowest BCUT2D eigenvalue weighted by molar-refractivity contribution is 0.173. The Bertz CT molecular complexity index is 458. The summed E-state index contributed by atoms with van der Waals surface area (Å²) in [4.78, 5) is 4.08. The number of hydrogen-bond acceptors (Lipinski definition) is 2. The van der Waals surface area contributed by atoms with E-state index in [0.717, 1.165) is 24.2 Å². The molecule has 1 N–H and O–H groups in total. The number of aromatic nitrogens is 3. The van der Waals surface area contributed by atoms with E-state index in [1.165, 1.54) is 0 Å². The lowest BCUT2D eigenvalue weighted by Gasteiger charge is -2.05. The maximum absolute atomic E-state index is 9.69. The van der Waals surface area contributed by atoms with Crippen LogP contribution in [0.15, 0.2) is 31.0 Å². The molecule has 0 spiro atoms. The molecule has 16 heavy (non-hydrogen) atoms. The molecule has 2 aromatic rings. The van der Waals surface area contributed by atoms with Gasteiger partial charge in [-0.15, -0.1) is 0 Å². The number of aliphatic hydroxyl groups is 1. The number of aliphatic hydroxyl groups excluding tert-OH is 1. The first-order valence-electron chi connectivity index (χ1n) is 5.49. The van der Waals surface area contributed by atoms with Gasteiger partial charge in [0.2, 0.25) is 0 Å². The molecule has 0 saturated heterocycles. The molecule has 0 amide bonds. The first kappa shape index (κ1) is 11.0. The Morgan fingerprint density at radius 2 is 2.31 bits per heavy atom. The number of nitrogens with zero attached hydrogens (tertiary/aromatic N) is 3. The molecule has 2 aromatic heterocycles. The quantitative estimate of drug-likeness (QED) is 0.850. The molecular weight excluding hydrogens is 202 g/mol. The second-order valence-corrected chi connectivity index (χ2v) is 4.04. The summed E-state index contributed by atoms with van der Waals surface area (Å²) in [6.07, 6.45) is 8.02. The van der Waals surface area contributed by atoms with Crippen molar-refractivity contribution < 1.29 is 5.11 Å². The van der Waals surface area contributed by atoms with E-state index >= 15 is 0 Å². The van der Waals surface area contributed by atoms with Crippen LogP contribution < -0.4 is 0 Å². The normalized spacial score (nSPS) is 12.9. The molecule has 1 unspecified atom stereocenters. The average molecular weight is 219 g/mol. The van der Waals surface area contributed by atoms with Gasteiger partial charge in [-0.2, -0.15) is 0 Å². The van der Waals surface area contributed by atoms with Crippen LogP contribution in [0.4, 0.5) is 0 Å². The van der Waals surface area contributed by atoms with Gasteiger partial charge in [-0.3, -0.25) is 0 Å². The zero-order valence-electron chi connectivity index (χ0n) is 9.67. The van der Waals surface area contributed by atoms with Crippen LogP contribution in [0.25, 0.3) is 0 Å². The fourth-order valence-electron chi connectivity index (χ4n) is 1.71. The summed E-state index contributed by atoms with van der Waals surface area (Å²) < 4.78 is 4.06. The Labute approximate surface area is 95.2 Å². The Hall–Kier alpha value is -1.55. The third kappa shape index (κ3) is 2.17. The number of hydrogen-bond donors (Lipinski definition) is 1. The van der Waals surface area contributed by atoms with Gasteiger partial charge in [0, 0.05) is 25.6 Å². The van der Waals surface area contributed by atoms with Crippen LogP contribution in [-0.4, -0.2) is 19.2 Å². The van der Waals surface area contributed by atoms with Crippen molar-refractivity contribution in [2.24, 2.45) is 7.05 Å². The highest BCUT2D eigenvalue weighted by Gasteiger charge is 2.07. The third-order valence-electron chi connectivity index (χ3n) is 2.81. The van der Waals surface area contributed by atoms with Crippen molar-refractivity contribution in [2.75, 3.05) is 0 Å². The van der Waals surface area contributed by atoms with Gasteiger partial charge in [-0.1, -0.05) is 6.92 Å². The molecule has 0 aromatic carbocycles. The first-order valence-corrected chi connectivity index (χ1v) is 5.49. The molecule has 2 heterocycles. The summed E-state index contributed by atoms with van der Waals surface area (Å²) in [6, 6.07) is 1.96. The average Bonchev–Trinajstić information content (AvgIpc) is 2.89. The monoisotopic (exact) mass is 219 g/mol. The van der Waals surface area contributed by atoms with Gasteiger partial charge in [0.05, 0.1) is 24.7 Å². The maximum Gasteiger partial charge on any atom is 0.0946 e. The van der Waals surface area contributed by atoms with E-state index in [2.05, 4.69) is 9.55 Å². The van der Waals surface area contributed by atoms with Gasteiger partial charge in [0.25, 0.3) is 0 Å². The lowest BCUT2D eigenvalue weighted by atomic mass is 10.1. The van der Waals surface area contributed by atoms with Crippen molar-refractivity contribution in [2.45, 2.75) is 26.0 Å². The third-order valence-corrected chi connectivity index (χ3v) is 2.81. The second-order valence-electron chi connectivity index (χ2n) is 4.04. The van der Waals surface area contributed by atoms with Gasteiger partial charge >= 0.3 is 0 Å². The number of imidazole rings is 1. The van der Waals surface area contributed by atoms with Gasteiger partial charge in [0.1, 0.15) is 0 Å². The Kier molecular flexibility index (Phi) is 3.10. The largest absolute Gasteiger partial charge is 0.388 e. The molecule has 4 nitrogen and oxygen atoms in total. The molecule has 1 atom stereocenters. The topological polar surface area (TPSA) is 43.0 Å². The van der Waals surface area contributed by atoms with Crippen molar-refractivity contribution in [1.82, 2.24) is 14.1 Å². The highest BCUT2D eigenvalue weighted by atomic mass is 16.3. The molecule has 0 saturated carbocycles. The molecule has 0 bridgehead atoms. The van der Waals surface area contributed by atoms with E-state index in [0.29, 0.717) is 0 Å². The van der Waals surface area contributed by atoms with Crippen LogP contribution in [0.2, 0.25) is 0 Å². The van der Waals surface area contributed by atoms with Crippen LogP contribution in [0.1, 0.15) is 30.7 Å². The molecule has 0 radical (unpaired) electrons. The van der Waals surface area contributed by atoms with E-state index < -0.39 is 0 Å². The Morgan fingerprint density at radius 1 is 1.50 bits per heavy atom. The van der Waals surface area contributed by atoms with Gasteiger partial charge < -0.3 is 14.2 Å². The summed E-state index contributed by atoms with van der Waals surface area (Å²) in [6.45, 7) is 2.76. The van der Waals surface area contributed by atoms with Crippen LogP contribution in [0.5, 0.6) is 0 Å². The van der Waals surface area contributed by atoms with Crippen molar-refractivity contribution in [3.05, 3.63) is 42.2 Å². The number of aryl methyl sites for hydroxylation is 1. The summed E-state index contributed by atoms with van der Waals surface area (Å²) in [5.74, 6) is 0. The molecule has 4 heteroatoms. The molecule has 2 rings (SSSR count). The van der Waals surface area contributed by atoms with Crippen molar-refractivity contribution in [3.63, 3.8) is 0 Å². The number of rotatable bonds is 4. The van der Waals surface area contributed by atoms with Crippen LogP contribution in [-0.2, 0) is 13.6 Å². The zero-order chi connectivity index (χ0) is 11.5. The summed E-state index contributed by atoms with van der Waals surface area (Å²) in [5.41, 5.74) is 2.12. The van der Waals surface area contributed by atoms with E-state index in [1.807, 2.05) is 43.2 Å². The summed E-state index contributed by atoms with van der Waals surface area (Å²) in [7, 11) is 1.98. The molecular formula is C12H17N3O. The van der Waals surface area contributed by atoms with Crippen molar-refractivity contribution in [1.29, 1.82) is 0 Å². The van der Waals surface area contributed by atoms with E-state index in [-0.39, 0.29) is 6.10 Å². The van der Waals surface area contributed by atoms with E-state index in [1.54, 1.807) is 6.33 Å². The minimum Gasteiger partial charge on any atom is -0.388 e. The van der Waals surface area contributed by atoms with Crippen LogP contribution in [0, 0.1) is 0 Å². The second kappa shape index (κ2) is 4.53. The van der Waals surface area contributed by atoms with Crippen LogP contribution >= 0.6 is 0 Å².